The molecule has 1 aromatic rings. The molecule has 9 heteroatoms. The highest BCUT2D eigenvalue weighted by atomic mass is 32.2. The van der Waals surface area contributed by atoms with Gasteiger partial charge in [-0.2, -0.15) is 17.5 Å². The fraction of sp³-hybridized carbons (Fsp3) is 0.769. The molecule has 0 bridgehead atoms. The fourth-order valence-electron chi connectivity index (χ4n) is 4.58. The van der Waals surface area contributed by atoms with Crippen molar-refractivity contribution in [2.75, 3.05) is 33.8 Å². The summed E-state index contributed by atoms with van der Waals surface area (Å²) in [4.78, 5) is 2.30. The first-order valence-corrected chi connectivity index (χ1v) is 14.4. The molecular formula is C26H43F3N2O3S. The molecule has 0 heterocycles. The second-order valence-corrected chi connectivity index (χ2v) is 11.8. The van der Waals surface area contributed by atoms with Crippen molar-refractivity contribution in [3.05, 3.63) is 29.8 Å². The monoisotopic (exact) mass is 520 g/mol. The van der Waals surface area contributed by atoms with E-state index in [9.17, 15) is 21.6 Å². The van der Waals surface area contributed by atoms with Crippen LogP contribution in [0.1, 0.15) is 83.1 Å². The van der Waals surface area contributed by atoms with E-state index in [1.165, 1.54) is 50.0 Å². The Morgan fingerprint density at radius 1 is 0.886 bits per heavy atom. The van der Waals surface area contributed by atoms with E-state index in [4.69, 9.17) is 4.74 Å². The quantitative estimate of drug-likeness (QED) is 0.253. The molecule has 1 aromatic carbocycles. The Balaban J connectivity index is 1.64. The van der Waals surface area contributed by atoms with Gasteiger partial charge in [0.15, 0.2) is 0 Å². The van der Waals surface area contributed by atoms with Crippen molar-refractivity contribution in [3.8, 4) is 0 Å². The Morgan fingerprint density at radius 2 is 1.46 bits per heavy atom. The van der Waals surface area contributed by atoms with Crippen molar-refractivity contribution in [2.45, 2.75) is 101 Å². The molecule has 0 atom stereocenters. The van der Waals surface area contributed by atoms with Gasteiger partial charge in [-0.25, -0.2) is 8.42 Å². The summed E-state index contributed by atoms with van der Waals surface area (Å²) in [5, 5.41) is 0. The first-order chi connectivity index (χ1) is 16.6. The van der Waals surface area contributed by atoms with Crippen molar-refractivity contribution in [2.24, 2.45) is 0 Å². The number of sulfonamides is 1. The van der Waals surface area contributed by atoms with Crippen LogP contribution < -0.4 is 0 Å². The first kappa shape index (κ1) is 30.1. The van der Waals surface area contributed by atoms with Crippen LogP contribution in [0.4, 0.5) is 13.2 Å². The molecule has 0 N–H and O–H groups in total. The van der Waals surface area contributed by atoms with Crippen LogP contribution in [0.25, 0.3) is 0 Å². The Kier molecular flexibility index (Phi) is 12.5. The van der Waals surface area contributed by atoms with Gasteiger partial charge in [0.25, 0.3) is 0 Å². The number of alkyl halides is 3. The lowest BCUT2D eigenvalue weighted by Crippen LogP contribution is -2.40. The summed E-state index contributed by atoms with van der Waals surface area (Å²) in [5.41, 5.74) is -0.855. The predicted molar refractivity (Wildman–Crippen MR) is 134 cm³/mol. The van der Waals surface area contributed by atoms with Crippen molar-refractivity contribution in [1.82, 2.24) is 9.21 Å². The zero-order valence-corrected chi connectivity index (χ0v) is 22.3. The van der Waals surface area contributed by atoms with E-state index in [2.05, 4.69) is 18.9 Å². The molecule has 0 unspecified atom stereocenters. The molecule has 1 aliphatic carbocycles. The molecule has 2 rings (SSSR count). The highest BCUT2D eigenvalue weighted by Gasteiger charge is 2.34. The minimum absolute atomic E-state index is 0.112. The molecule has 0 spiro atoms. The first-order valence-electron chi connectivity index (χ1n) is 13.0. The molecule has 5 nitrogen and oxygen atoms in total. The van der Waals surface area contributed by atoms with E-state index in [1.807, 2.05) is 0 Å². The minimum Gasteiger partial charge on any atom is -0.378 e. The summed E-state index contributed by atoms with van der Waals surface area (Å²) in [6.07, 6.45) is 7.08. The lowest BCUT2D eigenvalue weighted by atomic mass is 9.93. The van der Waals surface area contributed by atoms with Gasteiger partial charge >= 0.3 is 6.18 Å². The summed E-state index contributed by atoms with van der Waals surface area (Å²) in [6.45, 7) is 5.29. The number of ether oxygens (including phenoxy) is 1. The summed E-state index contributed by atoms with van der Waals surface area (Å²) >= 11 is 0. The zero-order chi connectivity index (χ0) is 25.9. The lowest BCUT2D eigenvalue weighted by molar-refractivity contribution is -0.137. The minimum atomic E-state index is -4.49. The second-order valence-electron chi connectivity index (χ2n) is 9.77. The average molecular weight is 521 g/mol. The summed E-state index contributed by atoms with van der Waals surface area (Å²) < 4.78 is 71.4. The maximum Gasteiger partial charge on any atom is 0.416 e. The van der Waals surface area contributed by atoms with Gasteiger partial charge in [0.05, 0.1) is 16.6 Å². The highest BCUT2D eigenvalue weighted by molar-refractivity contribution is 7.89. The normalized spacial score (nSPS) is 19.5. The van der Waals surface area contributed by atoms with E-state index in [0.29, 0.717) is 12.8 Å². The van der Waals surface area contributed by atoms with Crippen LogP contribution >= 0.6 is 0 Å². The number of hydrogen-bond donors (Lipinski definition) is 0. The van der Waals surface area contributed by atoms with Crippen molar-refractivity contribution in [1.29, 1.82) is 0 Å². The molecule has 1 fully saturated rings. The van der Waals surface area contributed by atoms with Crippen LogP contribution in [0.15, 0.2) is 29.2 Å². The third kappa shape index (κ3) is 10.0. The Labute approximate surface area is 210 Å². The van der Waals surface area contributed by atoms with Crippen LogP contribution in [0.3, 0.4) is 0 Å². The number of nitrogens with zero attached hydrogens (tertiary/aromatic N) is 2. The Hall–Kier alpha value is -1.16. The third-order valence-electron chi connectivity index (χ3n) is 6.95. The molecule has 35 heavy (non-hydrogen) atoms. The maximum atomic E-state index is 12.9. The van der Waals surface area contributed by atoms with Crippen LogP contribution in [-0.2, 0) is 20.9 Å². The molecule has 1 aliphatic rings. The summed E-state index contributed by atoms with van der Waals surface area (Å²) in [6, 6.07) is 3.53. The van der Waals surface area contributed by atoms with Crippen molar-refractivity contribution >= 4 is 10.0 Å². The molecular weight excluding hydrogens is 477 g/mol. The lowest BCUT2D eigenvalue weighted by Gasteiger charge is -2.34. The number of benzene rings is 1. The summed E-state index contributed by atoms with van der Waals surface area (Å²) in [5.74, 6) is 0. The van der Waals surface area contributed by atoms with E-state index >= 15 is 0 Å². The smallest absolute Gasteiger partial charge is 0.378 e. The van der Waals surface area contributed by atoms with E-state index in [1.54, 1.807) is 0 Å². The number of unbranched alkanes of at least 4 members (excludes halogenated alkanes) is 5. The number of hydrogen-bond acceptors (Lipinski definition) is 4. The molecule has 0 radical (unpaired) electrons. The van der Waals surface area contributed by atoms with Gasteiger partial charge in [0.2, 0.25) is 10.0 Å². The van der Waals surface area contributed by atoms with Crippen LogP contribution in [0, 0.1) is 0 Å². The van der Waals surface area contributed by atoms with Gasteiger partial charge in [-0.05, 0) is 89.3 Å². The molecule has 202 valence electrons. The van der Waals surface area contributed by atoms with E-state index in [0.717, 1.165) is 63.1 Å². The Morgan fingerprint density at radius 3 is 2.03 bits per heavy atom. The van der Waals surface area contributed by atoms with Crippen LogP contribution in [0.2, 0.25) is 0 Å². The molecule has 0 saturated heterocycles. The van der Waals surface area contributed by atoms with Gasteiger partial charge in [-0.15, -0.1) is 0 Å². The van der Waals surface area contributed by atoms with Crippen LogP contribution in [0.5, 0.6) is 0 Å². The third-order valence-corrected chi connectivity index (χ3v) is 8.87. The van der Waals surface area contributed by atoms with Gasteiger partial charge in [-0.3, -0.25) is 0 Å². The zero-order valence-electron chi connectivity index (χ0n) is 21.5. The topological polar surface area (TPSA) is 49.9 Å². The predicted octanol–water partition coefficient (Wildman–Crippen LogP) is 6.34. The van der Waals surface area contributed by atoms with E-state index < -0.39 is 21.8 Å². The van der Waals surface area contributed by atoms with Gasteiger partial charge < -0.3 is 9.64 Å². The average Bonchev–Trinajstić information content (AvgIpc) is 2.83. The SMILES string of the molecule is CCCCCN(C)CCCCCCOC1CCC(N(C)S(=O)(=O)c2ccc(C(F)(F)F)cc2)CC1. The molecule has 0 amide bonds. The van der Waals surface area contributed by atoms with Gasteiger partial charge in [-0.1, -0.05) is 32.6 Å². The molecule has 0 aliphatic heterocycles. The summed E-state index contributed by atoms with van der Waals surface area (Å²) in [7, 11) is -0.130. The van der Waals surface area contributed by atoms with Crippen molar-refractivity contribution < 1.29 is 26.3 Å². The van der Waals surface area contributed by atoms with E-state index in [-0.39, 0.29) is 17.0 Å². The molecule has 0 aromatic heterocycles. The number of halogens is 3. The second kappa shape index (κ2) is 14.5. The largest absolute Gasteiger partial charge is 0.416 e. The number of rotatable bonds is 15. The standard InChI is InChI=1S/C26H43F3N2O3S/c1-4-5-8-19-30(2)20-9-6-7-10-21-34-24-15-13-23(14-16-24)31(3)35(32,33)25-17-11-22(12-18-25)26(27,28)29/h11-12,17-18,23-24H,4-10,13-16,19-21H2,1-3H3. The van der Waals surface area contributed by atoms with Crippen LogP contribution in [-0.4, -0.2) is 63.6 Å². The molecule has 1 saturated carbocycles. The van der Waals surface area contributed by atoms with Crippen molar-refractivity contribution in [3.63, 3.8) is 0 Å². The van der Waals surface area contributed by atoms with Gasteiger partial charge in [0.1, 0.15) is 0 Å². The highest BCUT2D eigenvalue weighted by Crippen LogP contribution is 2.32. The maximum absolute atomic E-state index is 12.9. The fourth-order valence-corrected chi connectivity index (χ4v) is 6.00. The van der Waals surface area contributed by atoms with Gasteiger partial charge in [0, 0.05) is 19.7 Å². The Bertz CT molecular complexity index is 823.